The number of methoxy groups -OCH3 is 1. The Labute approximate surface area is 100 Å². The molecule has 17 heavy (non-hydrogen) atoms. The Morgan fingerprint density at radius 1 is 1.47 bits per heavy atom. The van der Waals surface area contributed by atoms with Crippen LogP contribution in [0.15, 0.2) is 12.4 Å². The van der Waals surface area contributed by atoms with Crippen LogP contribution >= 0.6 is 0 Å². The molecule has 0 amide bonds. The van der Waals surface area contributed by atoms with E-state index in [1.807, 2.05) is 18.7 Å². The molecule has 1 N–H and O–H groups in total. The summed E-state index contributed by atoms with van der Waals surface area (Å²) in [5.74, 6) is -0.418. The highest BCUT2D eigenvalue weighted by Crippen LogP contribution is 2.12. The van der Waals surface area contributed by atoms with E-state index in [2.05, 4.69) is 9.97 Å². The predicted octanol–water partition coefficient (Wildman–Crippen LogP) is 1.04. The van der Waals surface area contributed by atoms with E-state index in [9.17, 15) is 4.79 Å². The van der Waals surface area contributed by atoms with E-state index in [4.69, 9.17) is 9.84 Å². The number of carboxylic acids is 1. The summed E-state index contributed by atoms with van der Waals surface area (Å²) in [6.45, 7) is 5.33. The van der Waals surface area contributed by atoms with Crippen LogP contribution in [0.1, 0.15) is 24.3 Å². The van der Waals surface area contributed by atoms with Crippen LogP contribution in [0.3, 0.4) is 0 Å². The molecule has 0 saturated heterocycles. The van der Waals surface area contributed by atoms with Crippen LogP contribution in [0.2, 0.25) is 0 Å². The first-order valence-corrected chi connectivity index (χ1v) is 5.37. The van der Waals surface area contributed by atoms with Crippen molar-refractivity contribution in [3.8, 4) is 0 Å². The van der Waals surface area contributed by atoms with E-state index in [0.29, 0.717) is 19.0 Å². The molecule has 0 bridgehead atoms. The second-order valence-corrected chi connectivity index (χ2v) is 3.84. The normalized spacial score (nSPS) is 10.6. The Hall–Kier alpha value is -1.69. The van der Waals surface area contributed by atoms with Gasteiger partial charge in [-0.05, 0) is 13.8 Å². The summed E-state index contributed by atoms with van der Waals surface area (Å²) in [7, 11) is 1.64. The zero-order chi connectivity index (χ0) is 12.8. The van der Waals surface area contributed by atoms with Crippen LogP contribution in [0.25, 0.3) is 0 Å². The van der Waals surface area contributed by atoms with Crippen molar-refractivity contribution >= 4 is 11.8 Å². The van der Waals surface area contributed by atoms with Gasteiger partial charge >= 0.3 is 5.97 Å². The van der Waals surface area contributed by atoms with Gasteiger partial charge in [0.25, 0.3) is 0 Å². The zero-order valence-corrected chi connectivity index (χ0v) is 10.3. The lowest BCUT2D eigenvalue weighted by molar-refractivity contribution is 0.0690. The monoisotopic (exact) mass is 239 g/mol. The summed E-state index contributed by atoms with van der Waals surface area (Å²) in [6, 6.07) is 0.245. The van der Waals surface area contributed by atoms with Gasteiger partial charge in [-0.3, -0.25) is 0 Å². The van der Waals surface area contributed by atoms with Gasteiger partial charge in [-0.1, -0.05) is 0 Å². The first kappa shape index (κ1) is 13.4. The van der Waals surface area contributed by atoms with Crippen LogP contribution in [0, 0.1) is 0 Å². The number of hydrogen-bond donors (Lipinski definition) is 1. The number of carboxylic acid groups (broad SMARTS) is 1. The summed E-state index contributed by atoms with van der Waals surface area (Å²) in [5, 5.41) is 8.73. The number of carbonyl (C=O) groups is 1. The minimum Gasteiger partial charge on any atom is -0.476 e. The van der Waals surface area contributed by atoms with E-state index in [-0.39, 0.29) is 11.7 Å². The second kappa shape index (κ2) is 6.15. The molecule has 1 heterocycles. The van der Waals surface area contributed by atoms with Gasteiger partial charge in [0.1, 0.15) is 5.82 Å². The van der Waals surface area contributed by atoms with Crippen molar-refractivity contribution in [2.75, 3.05) is 25.2 Å². The standard InChI is InChI=1S/C11H17N3O3/c1-8(2)14(4-5-17-3)10-7-12-9(6-13-10)11(15)16/h6-8H,4-5H2,1-3H3,(H,15,16). The number of nitrogens with zero attached hydrogens (tertiary/aromatic N) is 3. The highest BCUT2D eigenvalue weighted by molar-refractivity contribution is 5.84. The lowest BCUT2D eigenvalue weighted by atomic mass is 10.3. The maximum atomic E-state index is 10.7. The van der Waals surface area contributed by atoms with Gasteiger partial charge in [0, 0.05) is 19.7 Å². The summed E-state index contributed by atoms with van der Waals surface area (Å²) < 4.78 is 5.02. The fraction of sp³-hybridized carbons (Fsp3) is 0.545. The molecule has 94 valence electrons. The summed E-state index contributed by atoms with van der Waals surface area (Å²) in [6.07, 6.45) is 2.74. The molecular weight excluding hydrogens is 222 g/mol. The third kappa shape index (κ3) is 3.67. The van der Waals surface area contributed by atoms with Gasteiger partial charge in [0.15, 0.2) is 5.69 Å². The maximum Gasteiger partial charge on any atom is 0.356 e. The maximum absolute atomic E-state index is 10.7. The predicted molar refractivity (Wildman–Crippen MR) is 63.3 cm³/mol. The first-order valence-electron chi connectivity index (χ1n) is 5.37. The highest BCUT2D eigenvalue weighted by atomic mass is 16.5. The number of aromatic nitrogens is 2. The van der Waals surface area contributed by atoms with Gasteiger partial charge in [-0.25, -0.2) is 14.8 Å². The molecule has 0 saturated carbocycles. The van der Waals surface area contributed by atoms with Crippen molar-refractivity contribution < 1.29 is 14.6 Å². The van der Waals surface area contributed by atoms with Crippen molar-refractivity contribution in [2.24, 2.45) is 0 Å². The van der Waals surface area contributed by atoms with E-state index in [0.717, 1.165) is 0 Å². The Morgan fingerprint density at radius 3 is 2.59 bits per heavy atom. The molecule has 1 aromatic heterocycles. The minimum absolute atomic E-state index is 0.0517. The number of rotatable bonds is 6. The van der Waals surface area contributed by atoms with Gasteiger partial charge in [0.2, 0.25) is 0 Å². The Morgan fingerprint density at radius 2 is 2.18 bits per heavy atom. The molecule has 0 aliphatic rings. The lowest BCUT2D eigenvalue weighted by Gasteiger charge is -2.27. The summed E-state index contributed by atoms with van der Waals surface area (Å²) in [5.41, 5.74) is -0.0517. The van der Waals surface area contributed by atoms with E-state index >= 15 is 0 Å². The largest absolute Gasteiger partial charge is 0.476 e. The highest BCUT2D eigenvalue weighted by Gasteiger charge is 2.13. The number of hydrogen-bond acceptors (Lipinski definition) is 5. The lowest BCUT2D eigenvalue weighted by Crippen LogP contribution is -2.34. The quantitative estimate of drug-likeness (QED) is 0.799. The second-order valence-electron chi connectivity index (χ2n) is 3.84. The van der Waals surface area contributed by atoms with Crippen LogP contribution < -0.4 is 4.90 Å². The first-order chi connectivity index (χ1) is 8.06. The molecule has 6 heteroatoms. The molecule has 0 aromatic carbocycles. The molecule has 0 radical (unpaired) electrons. The number of aromatic carboxylic acids is 1. The van der Waals surface area contributed by atoms with Crippen LogP contribution in [-0.2, 0) is 4.74 Å². The molecule has 0 spiro atoms. The van der Waals surface area contributed by atoms with Crippen molar-refractivity contribution in [3.05, 3.63) is 18.1 Å². The minimum atomic E-state index is -1.07. The topological polar surface area (TPSA) is 75.5 Å². The molecule has 0 aliphatic carbocycles. The molecular formula is C11H17N3O3. The third-order valence-corrected chi connectivity index (χ3v) is 2.31. The van der Waals surface area contributed by atoms with E-state index in [1.54, 1.807) is 7.11 Å². The Bertz CT molecular complexity index is 365. The van der Waals surface area contributed by atoms with Gasteiger partial charge in [-0.2, -0.15) is 0 Å². The van der Waals surface area contributed by atoms with Crippen molar-refractivity contribution in [3.63, 3.8) is 0 Å². The number of anilines is 1. The van der Waals surface area contributed by atoms with E-state index in [1.165, 1.54) is 12.4 Å². The molecule has 0 aliphatic heterocycles. The van der Waals surface area contributed by atoms with Crippen LogP contribution in [-0.4, -0.2) is 47.3 Å². The van der Waals surface area contributed by atoms with Crippen LogP contribution in [0.5, 0.6) is 0 Å². The van der Waals surface area contributed by atoms with E-state index < -0.39 is 5.97 Å². The van der Waals surface area contributed by atoms with Gasteiger partial charge in [0.05, 0.1) is 19.0 Å². The van der Waals surface area contributed by atoms with Crippen molar-refractivity contribution in [1.82, 2.24) is 9.97 Å². The number of ether oxygens (including phenoxy) is 1. The van der Waals surface area contributed by atoms with Gasteiger partial charge in [-0.15, -0.1) is 0 Å². The fourth-order valence-electron chi connectivity index (χ4n) is 1.41. The molecule has 0 atom stereocenters. The van der Waals surface area contributed by atoms with Crippen LogP contribution in [0.4, 0.5) is 5.82 Å². The molecule has 1 rings (SSSR count). The smallest absolute Gasteiger partial charge is 0.356 e. The molecule has 1 aromatic rings. The Balaban J connectivity index is 2.83. The van der Waals surface area contributed by atoms with Gasteiger partial charge < -0.3 is 14.7 Å². The average molecular weight is 239 g/mol. The van der Waals surface area contributed by atoms with Crippen molar-refractivity contribution in [1.29, 1.82) is 0 Å². The molecule has 0 fully saturated rings. The Kier molecular flexibility index (Phi) is 4.84. The molecule has 6 nitrogen and oxygen atoms in total. The fourth-order valence-corrected chi connectivity index (χ4v) is 1.41. The summed E-state index contributed by atoms with van der Waals surface area (Å²) >= 11 is 0. The zero-order valence-electron chi connectivity index (χ0n) is 10.3. The summed E-state index contributed by atoms with van der Waals surface area (Å²) in [4.78, 5) is 20.6. The SMILES string of the molecule is COCCN(c1cnc(C(=O)O)cn1)C(C)C. The molecule has 0 unspecified atom stereocenters. The third-order valence-electron chi connectivity index (χ3n) is 2.31. The average Bonchev–Trinajstić information content (AvgIpc) is 2.29. The van der Waals surface area contributed by atoms with Crippen molar-refractivity contribution in [2.45, 2.75) is 19.9 Å².